The highest BCUT2D eigenvalue weighted by molar-refractivity contribution is 5.76. The molecule has 1 aromatic heterocycles. The highest BCUT2D eigenvalue weighted by Gasteiger charge is 2.09. The van der Waals surface area contributed by atoms with E-state index in [1.54, 1.807) is 18.3 Å². The molecule has 1 aromatic carbocycles. The molecule has 0 unspecified atom stereocenters. The van der Waals surface area contributed by atoms with Gasteiger partial charge in [0.05, 0.1) is 13.4 Å². The summed E-state index contributed by atoms with van der Waals surface area (Å²) in [6, 6.07) is 11.6. The molecule has 0 bridgehead atoms. The quantitative estimate of drug-likeness (QED) is 0.786. The minimum atomic E-state index is 0.150. The molecule has 0 saturated heterocycles. The lowest BCUT2D eigenvalue weighted by Gasteiger charge is -2.16. The Morgan fingerprint density at radius 1 is 1.19 bits per heavy atom. The average molecular weight is 287 g/mol. The van der Waals surface area contributed by atoms with E-state index in [1.165, 1.54) is 0 Å². The number of hydrogen-bond donors (Lipinski definition) is 0. The molecule has 4 nitrogen and oxygen atoms in total. The summed E-state index contributed by atoms with van der Waals surface area (Å²) in [5.41, 5.74) is 1.14. The van der Waals surface area contributed by atoms with Gasteiger partial charge >= 0.3 is 0 Å². The number of likely N-dealkylation sites (N-methyl/N-ethyl adjacent to an activating group) is 1. The Morgan fingerprint density at radius 2 is 1.95 bits per heavy atom. The standard InChI is InChI=1S/C17H21NO3/c1-18(12-11-16-4-3-13-21-16)17(19)10-7-14-5-8-15(20-2)9-6-14/h3-6,8-9,13H,7,10-12H2,1-2H3. The molecule has 1 amide bonds. The zero-order valence-electron chi connectivity index (χ0n) is 12.5. The van der Waals surface area contributed by atoms with Crippen LogP contribution in [0.25, 0.3) is 0 Å². The molecule has 1 heterocycles. The third-order valence-electron chi connectivity index (χ3n) is 3.49. The van der Waals surface area contributed by atoms with E-state index in [-0.39, 0.29) is 5.91 Å². The van der Waals surface area contributed by atoms with Crippen LogP contribution in [0.3, 0.4) is 0 Å². The van der Waals surface area contributed by atoms with E-state index in [0.29, 0.717) is 13.0 Å². The van der Waals surface area contributed by atoms with Crippen LogP contribution in [-0.2, 0) is 17.6 Å². The lowest BCUT2D eigenvalue weighted by molar-refractivity contribution is -0.129. The summed E-state index contributed by atoms with van der Waals surface area (Å²) >= 11 is 0. The second kappa shape index (κ2) is 7.53. The van der Waals surface area contributed by atoms with Crippen molar-refractivity contribution in [3.63, 3.8) is 0 Å². The van der Waals surface area contributed by atoms with E-state index in [0.717, 1.165) is 29.9 Å². The Balaban J connectivity index is 1.74. The molecule has 0 N–H and O–H groups in total. The van der Waals surface area contributed by atoms with E-state index in [2.05, 4.69) is 0 Å². The minimum absolute atomic E-state index is 0.150. The lowest BCUT2D eigenvalue weighted by Crippen LogP contribution is -2.28. The normalized spacial score (nSPS) is 10.4. The molecular weight excluding hydrogens is 266 g/mol. The number of aryl methyl sites for hydroxylation is 1. The van der Waals surface area contributed by atoms with Gasteiger partial charge < -0.3 is 14.1 Å². The number of methoxy groups -OCH3 is 1. The second-order valence-electron chi connectivity index (χ2n) is 4.99. The number of benzene rings is 1. The van der Waals surface area contributed by atoms with Gasteiger partial charge in [0.2, 0.25) is 5.91 Å². The summed E-state index contributed by atoms with van der Waals surface area (Å²) in [4.78, 5) is 13.8. The summed E-state index contributed by atoms with van der Waals surface area (Å²) in [6.07, 6.45) is 3.66. The first-order chi connectivity index (χ1) is 10.2. The van der Waals surface area contributed by atoms with E-state index in [9.17, 15) is 4.79 Å². The van der Waals surface area contributed by atoms with Gasteiger partial charge in [0, 0.05) is 26.4 Å². The molecule has 0 aliphatic heterocycles. The predicted molar refractivity (Wildman–Crippen MR) is 81.4 cm³/mol. The van der Waals surface area contributed by atoms with Crippen LogP contribution in [0.15, 0.2) is 47.1 Å². The van der Waals surface area contributed by atoms with Gasteiger partial charge in [-0.2, -0.15) is 0 Å². The van der Waals surface area contributed by atoms with Crippen LogP contribution in [0.1, 0.15) is 17.7 Å². The van der Waals surface area contributed by atoms with Crippen molar-refractivity contribution < 1.29 is 13.9 Å². The zero-order chi connectivity index (χ0) is 15.1. The van der Waals surface area contributed by atoms with Crippen molar-refractivity contribution in [3.05, 3.63) is 54.0 Å². The third-order valence-corrected chi connectivity index (χ3v) is 3.49. The number of ether oxygens (including phenoxy) is 1. The highest BCUT2D eigenvalue weighted by Crippen LogP contribution is 2.13. The Labute approximate surface area is 125 Å². The maximum atomic E-state index is 12.1. The summed E-state index contributed by atoms with van der Waals surface area (Å²) in [7, 11) is 3.48. The molecule has 0 fully saturated rings. The minimum Gasteiger partial charge on any atom is -0.497 e. The summed E-state index contributed by atoms with van der Waals surface area (Å²) in [5.74, 6) is 1.89. The van der Waals surface area contributed by atoms with Crippen molar-refractivity contribution in [2.45, 2.75) is 19.3 Å². The fraction of sp³-hybridized carbons (Fsp3) is 0.353. The van der Waals surface area contributed by atoms with Crippen LogP contribution in [0.2, 0.25) is 0 Å². The SMILES string of the molecule is COc1ccc(CCC(=O)N(C)CCc2ccco2)cc1. The Bertz CT molecular complexity index is 546. The number of rotatable bonds is 7. The molecule has 0 radical (unpaired) electrons. The van der Waals surface area contributed by atoms with Gasteiger partial charge in [-0.1, -0.05) is 12.1 Å². The van der Waals surface area contributed by atoms with Gasteiger partial charge in [-0.15, -0.1) is 0 Å². The molecule has 0 spiro atoms. The highest BCUT2D eigenvalue weighted by atomic mass is 16.5. The number of nitrogens with zero attached hydrogens (tertiary/aromatic N) is 1. The maximum absolute atomic E-state index is 12.1. The summed E-state index contributed by atoms with van der Waals surface area (Å²) < 4.78 is 10.4. The number of furan rings is 1. The van der Waals surface area contributed by atoms with Crippen molar-refractivity contribution >= 4 is 5.91 Å². The maximum Gasteiger partial charge on any atom is 0.222 e. The zero-order valence-corrected chi connectivity index (χ0v) is 12.5. The molecule has 0 saturated carbocycles. The number of hydrogen-bond acceptors (Lipinski definition) is 3. The van der Waals surface area contributed by atoms with E-state index in [4.69, 9.17) is 9.15 Å². The van der Waals surface area contributed by atoms with Gasteiger partial charge in [-0.3, -0.25) is 4.79 Å². The lowest BCUT2D eigenvalue weighted by atomic mass is 10.1. The number of amides is 1. The monoisotopic (exact) mass is 287 g/mol. The van der Waals surface area contributed by atoms with Crippen LogP contribution in [0.5, 0.6) is 5.75 Å². The van der Waals surface area contributed by atoms with Gasteiger partial charge in [0.1, 0.15) is 11.5 Å². The van der Waals surface area contributed by atoms with Crippen molar-refractivity contribution in [2.75, 3.05) is 20.7 Å². The molecule has 0 aliphatic carbocycles. The first-order valence-electron chi connectivity index (χ1n) is 7.08. The van der Waals surface area contributed by atoms with Gasteiger partial charge in [0.25, 0.3) is 0 Å². The third kappa shape index (κ3) is 4.67. The van der Waals surface area contributed by atoms with Crippen LogP contribution < -0.4 is 4.74 Å². The van der Waals surface area contributed by atoms with Crippen LogP contribution in [0.4, 0.5) is 0 Å². The van der Waals surface area contributed by atoms with E-state index >= 15 is 0 Å². The van der Waals surface area contributed by atoms with Gasteiger partial charge in [0.15, 0.2) is 0 Å². The Hall–Kier alpha value is -2.23. The van der Waals surface area contributed by atoms with Crippen molar-refractivity contribution in [1.82, 2.24) is 4.90 Å². The molecule has 0 aliphatic rings. The number of carbonyl (C=O) groups excluding carboxylic acids is 1. The molecule has 2 aromatic rings. The van der Waals surface area contributed by atoms with Gasteiger partial charge in [-0.25, -0.2) is 0 Å². The first kappa shape index (κ1) is 15.2. The molecular formula is C17H21NO3. The average Bonchev–Trinajstić information content (AvgIpc) is 3.04. The van der Waals surface area contributed by atoms with E-state index in [1.807, 2.05) is 43.4 Å². The Morgan fingerprint density at radius 3 is 2.57 bits per heavy atom. The Kier molecular flexibility index (Phi) is 5.43. The van der Waals surface area contributed by atoms with Crippen LogP contribution in [-0.4, -0.2) is 31.5 Å². The van der Waals surface area contributed by atoms with Crippen molar-refractivity contribution in [1.29, 1.82) is 0 Å². The first-order valence-corrected chi connectivity index (χ1v) is 7.08. The van der Waals surface area contributed by atoms with Crippen molar-refractivity contribution in [2.24, 2.45) is 0 Å². The summed E-state index contributed by atoms with van der Waals surface area (Å²) in [5, 5.41) is 0. The summed E-state index contributed by atoms with van der Waals surface area (Å²) in [6.45, 7) is 0.676. The van der Waals surface area contributed by atoms with Gasteiger partial charge in [-0.05, 0) is 36.2 Å². The van der Waals surface area contributed by atoms with Crippen LogP contribution in [0, 0.1) is 0 Å². The second-order valence-corrected chi connectivity index (χ2v) is 4.99. The topological polar surface area (TPSA) is 42.7 Å². The van der Waals surface area contributed by atoms with E-state index < -0.39 is 0 Å². The molecule has 0 atom stereocenters. The molecule has 112 valence electrons. The largest absolute Gasteiger partial charge is 0.497 e. The molecule has 21 heavy (non-hydrogen) atoms. The molecule has 2 rings (SSSR count). The van der Waals surface area contributed by atoms with Crippen molar-refractivity contribution in [3.8, 4) is 5.75 Å². The number of carbonyl (C=O) groups is 1. The fourth-order valence-corrected chi connectivity index (χ4v) is 2.09. The molecule has 4 heteroatoms. The predicted octanol–water partition coefficient (Wildman–Crippen LogP) is 2.92. The van der Waals surface area contributed by atoms with Crippen LogP contribution >= 0.6 is 0 Å². The smallest absolute Gasteiger partial charge is 0.222 e. The fourth-order valence-electron chi connectivity index (χ4n) is 2.09.